The standard InChI is InChI=1S/C25H18N2O/c26-17-21-6-1-2-7-22(21)18-28-24-15-10-19(11-16-24)9-13-23-14-12-20-5-3-4-8-25(20)27-23/h1-16H,18H2. The first kappa shape index (κ1) is 17.5. The summed E-state index contributed by atoms with van der Waals surface area (Å²) in [5, 5.41) is 10.3. The molecule has 0 aliphatic heterocycles. The van der Waals surface area contributed by atoms with Crippen molar-refractivity contribution in [1.82, 2.24) is 4.98 Å². The molecule has 4 rings (SSSR count). The predicted octanol–water partition coefficient (Wildman–Crippen LogP) is 5.86. The number of fused-ring (bicyclic) bond motifs is 1. The van der Waals surface area contributed by atoms with Gasteiger partial charge in [0.05, 0.1) is 22.8 Å². The third-order valence-corrected chi connectivity index (χ3v) is 4.48. The number of rotatable bonds is 5. The Hall–Kier alpha value is -3.90. The van der Waals surface area contributed by atoms with Gasteiger partial charge in [0.1, 0.15) is 12.4 Å². The molecule has 0 atom stereocenters. The van der Waals surface area contributed by atoms with Crippen LogP contribution in [0.1, 0.15) is 22.4 Å². The second-order valence-corrected chi connectivity index (χ2v) is 6.39. The Morgan fingerprint density at radius 3 is 2.46 bits per heavy atom. The van der Waals surface area contributed by atoms with E-state index in [4.69, 9.17) is 10.00 Å². The number of ether oxygens (including phenoxy) is 1. The highest BCUT2D eigenvalue weighted by atomic mass is 16.5. The van der Waals surface area contributed by atoms with Crippen LogP contribution in [0.15, 0.2) is 84.9 Å². The zero-order valence-corrected chi connectivity index (χ0v) is 15.2. The number of para-hydroxylation sites is 1. The summed E-state index contributed by atoms with van der Waals surface area (Å²) in [6, 6.07) is 29.7. The molecule has 0 aliphatic rings. The van der Waals surface area contributed by atoms with Crippen molar-refractivity contribution in [2.24, 2.45) is 0 Å². The summed E-state index contributed by atoms with van der Waals surface area (Å²) in [6.45, 7) is 0.375. The number of nitriles is 1. The number of hydrogen-bond acceptors (Lipinski definition) is 3. The van der Waals surface area contributed by atoms with E-state index in [2.05, 4.69) is 23.2 Å². The molecule has 0 amide bonds. The quantitative estimate of drug-likeness (QED) is 0.447. The van der Waals surface area contributed by atoms with Crippen molar-refractivity contribution in [1.29, 1.82) is 5.26 Å². The van der Waals surface area contributed by atoms with E-state index in [9.17, 15) is 0 Å². The lowest BCUT2D eigenvalue weighted by Gasteiger charge is -2.07. The van der Waals surface area contributed by atoms with Gasteiger partial charge in [0.25, 0.3) is 0 Å². The van der Waals surface area contributed by atoms with E-state index in [1.807, 2.05) is 78.9 Å². The van der Waals surface area contributed by atoms with Gasteiger partial charge < -0.3 is 4.74 Å². The Bertz CT molecular complexity index is 1170. The molecule has 0 fully saturated rings. The molecular formula is C25H18N2O. The van der Waals surface area contributed by atoms with E-state index in [0.29, 0.717) is 12.2 Å². The zero-order valence-electron chi connectivity index (χ0n) is 15.2. The molecule has 3 aromatic carbocycles. The average Bonchev–Trinajstić information content (AvgIpc) is 2.77. The molecule has 28 heavy (non-hydrogen) atoms. The summed E-state index contributed by atoms with van der Waals surface area (Å²) in [7, 11) is 0. The van der Waals surface area contributed by atoms with E-state index in [0.717, 1.165) is 33.5 Å². The van der Waals surface area contributed by atoms with Gasteiger partial charge in [-0.25, -0.2) is 4.98 Å². The van der Waals surface area contributed by atoms with Crippen LogP contribution in [0, 0.1) is 11.3 Å². The maximum atomic E-state index is 9.15. The minimum Gasteiger partial charge on any atom is -0.489 e. The van der Waals surface area contributed by atoms with Gasteiger partial charge >= 0.3 is 0 Å². The summed E-state index contributed by atoms with van der Waals surface area (Å²) in [4.78, 5) is 4.65. The maximum absolute atomic E-state index is 9.15. The second-order valence-electron chi connectivity index (χ2n) is 6.39. The van der Waals surface area contributed by atoms with Gasteiger partial charge in [-0.05, 0) is 42.0 Å². The van der Waals surface area contributed by atoms with E-state index in [1.54, 1.807) is 6.07 Å². The van der Waals surface area contributed by atoms with Crippen LogP contribution in [0.25, 0.3) is 23.1 Å². The lowest BCUT2D eigenvalue weighted by Crippen LogP contribution is -1.97. The molecule has 3 nitrogen and oxygen atoms in total. The molecule has 0 saturated heterocycles. The van der Waals surface area contributed by atoms with Crippen LogP contribution in [0.5, 0.6) is 5.75 Å². The van der Waals surface area contributed by atoms with Gasteiger partial charge in [0.15, 0.2) is 0 Å². The molecule has 134 valence electrons. The summed E-state index contributed by atoms with van der Waals surface area (Å²) in [5.41, 5.74) is 4.51. The second kappa shape index (κ2) is 8.20. The van der Waals surface area contributed by atoms with Crippen LogP contribution in [0.3, 0.4) is 0 Å². The molecule has 0 saturated carbocycles. The van der Waals surface area contributed by atoms with Crippen LogP contribution < -0.4 is 4.74 Å². The number of nitrogens with zero attached hydrogens (tertiary/aromatic N) is 2. The summed E-state index contributed by atoms with van der Waals surface area (Å²) >= 11 is 0. The lowest BCUT2D eigenvalue weighted by atomic mass is 10.1. The van der Waals surface area contributed by atoms with Crippen molar-refractivity contribution in [3.63, 3.8) is 0 Å². The molecule has 0 aliphatic carbocycles. The fourth-order valence-electron chi connectivity index (χ4n) is 2.95. The number of hydrogen-bond donors (Lipinski definition) is 0. The molecule has 1 heterocycles. The highest BCUT2D eigenvalue weighted by Gasteiger charge is 2.02. The molecule has 3 heteroatoms. The monoisotopic (exact) mass is 362 g/mol. The van der Waals surface area contributed by atoms with Crippen LogP contribution >= 0.6 is 0 Å². The van der Waals surface area contributed by atoms with Gasteiger partial charge in [-0.15, -0.1) is 0 Å². The highest BCUT2D eigenvalue weighted by Crippen LogP contribution is 2.18. The van der Waals surface area contributed by atoms with Gasteiger partial charge in [-0.3, -0.25) is 0 Å². The Morgan fingerprint density at radius 1 is 0.821 bits per heavy atom. The third kappa shape index (κ3) is 4.08. The lowest BCUT2D eigenvalue weighted by molar-refractivity contribution is 0.306. The van der Waals surface area contributed by atoms with Crippen LogP contribution in [0.2, 0.25) is 0 Å². The third-order valence-electron chi connectivity index (χ3n) is 4.48. The SMILES string of the molecule is N#Cc1ccccc1COc1ccc(C=Cc2ccc3ccccc3n2)cc1. The van der Waals surface area contributed by atoms with Crippen molar-refractivity contribution < 1.29 is 4.74 Å². The molecular weight excluding hydrogens is 344 g/mol. The molecule has 1 aromatic heterocycles. The number of benzene rings is 3. The normalized spacial score (nSPS) is 10.8. The van der Waals surface area contributed by atoms with Crippen LogP contribution in [0.4, 0.5) is 0 Å². The molecule has 0 radical (unpaired) electrons. The summed E-state index contributed by atoms with van der Waals surface area (Å²) < 4.78 is 5.81. The average molecular weight is 362 g/mol. The molecule has 4 aromatic rings. The Labute approximate surface area is 164 Å². The van der Waals surface area contributed by atoms with Gasteiger partial charge in [-0.2, -0.15) is 5.26 Å². The van der Waals surface area contributed by atoms with Crippen molar-refractivity contribution in [2.75, 3.05) is 0 Å². The Kier molecular flexibility index (Phi) is 5.13. The van der Waals surface area contributed by atoms with Crippen LogP contribution in [-0.4, -0.2) is 4.98 Å². The van der Waals surface area contributed by atoms with Gasteiger partial charge in [-0.1, -0.05) is 60.7 Å². The van der Waals surface area contributed by atoms with Crippen molar-refractivity contribution in [2.45, 2.75) is 6.61 Å². The molecule has 0 unspecified atom stereocenters. The van der Waals surface area contributed by atoms with Crippen LogP contribution in [-0.2, 0) is 6.61 Å². The largest absolute Gasteiger partial charge is 0.489 e. The minimum atomic E-state index is 0.375. The first-order valence-electron chi connectivity index (χ1n) is 9.06. The van der Waals surface area contributed by atoms with Gasteiger partial charge in [0, 0.05) is 10.9 Å². The predicted molar refractivity (Wildman–Crippen MR) is 113 cm³/mol. The number of pyridine rings is 1. The molecule has 0 spiro atoms. The van der Waals surface area contributed by atoms with E-state index < -0.39 is 0 Å². The van der Waals surface area contributed by atoms with E-state index >= 15 is 0 Å². The number of aromatic nitrogens is 1. The van der Waals surface area contributed by atoms with Crippen molar-refractivity contribution >= 4 is 23.1 Å². The van der Waals surface area contributed by atoms with E-state index in [-0.39, 0.29) is 0 Å². The topological polar surface area (TPSA) is 45.9 Å². The first-order chi connectivity index (χ1) is 13.8. The van der Waals surface area contributed by atoms with E-state index in [1.165, 1.54) is 0 Å². The first-order valence-corrected chi connectivity index (χ1v) is 9.06. The van der Waals surface area contributed by atoms with Gasteiger partial charge in [0.2, 0.25) is 0 Å². The Balaban J connectivity index is 1.42. The smallest absolute Gasteiger partial charge is 0.119 e. The maximum Gasteiger partial charge on any atom is 0.119 e. The van der Waals surface area contributed by atoms with Crippen molar-refractivity contribution in [3.8, 4) is 11.8 Å². The summed E-state index contributed by atoms with van der Waals surface area (Å²) in [6.07, 6.45) is 4.04. The zero-order chi connectivity index (χ0) is 19.2. The molecule has 0 bridgehead atoms. The van der Waals surface area contributed by atoms with Crippen molar-refractivity contribution in [3.05, 3.63) is 107 Å². The minimum absolute atomic E-state index is 0.375. The summed E-state index contributed by atoms with van der Waals surface area (Å²) in [5.74, 6) is 0.772. The Morgan fingerprint density at radius 2 is 1.61 bits per heavy atom. The fraction of sp³-hybridized carbons (Fsp3) is 0.0400. The molecule has 0 N–H and O–H groups in total. The highest BCUT2D eigenvalue weighted by molar-refractivity contribution is 5.80. The fourth-order valence-corrected chi connectivity index (χ4v) is 2.95.